The Morgan fingerprint density at radius 2 is 2.00 bits per heavy atom. The molecule has 6 heteroatoms. The lowest BCUT2D eigenvalue weighted by molar-refractivity contribution is 0.132. The number of aliphatic hydroxyl groups excluding tert-OH is 2. The fourth-order valence-corrected chi connectivity index (χ4v) is 1.43. The summed E-state index contributed by atoms with van der Waals surface area (Å²) in [7, 11) is 0. The van der Waals surface area contributed by atoms with Crippen LogP contribution in [0.5, 0.6) is 5.88 Å². The van der Waals surface area contributed by atoms with Crippen molar-refractivity contribution >= 4 is 5.82 Å². The van der Waals surface area contributed by atoms with Crippen molar-refractivity contribution in [2.75, 3.05) is 18.5 Å². The van der Waals surface area contributed by atoms with E-state index in [4.69, 9.17) is 4.74 Å². The molecule has 0 aromatic carbocycles. The summed E-state index contributed by atoms with van der Waals surface area (Å²) in [5, 5.41) is 21.7. The van der Waals surface area contributed by atoms with Crippen molar-refractivity contribution in [3.8, 4) is 5.88 Å². The molecule has 0 aliphatic heterocycles. The number of hydrogen-bond acceptors (Lipinski definition) is 6. The molecule has 1 rings (SSSR count). The fraction of sp³-hybridized carbons (Fsp3) is 0.667. The highest BCUT2D eigenvalue weighted by molar-refractivity contribution is 5.40. The van der Waals surface area contributed by atoms with Crippen LogP contribution in [0.4, 0.5) is 5.82 Å². The number of nitrogens with one attached hydrogen (secondary N) is 1. The third-order valence-corrected chi connectivity index (χ3v) is 2.67. The molecule has 0 fully saturated rings. The quantitative estimate of drug-likeness (QED) is 0.668. The van der Waals surface area contributed by atoms with E-state index in [9.17, 15) is 10.2 Å². The summed E-state index contributed by atoms with van der Waals surface area (Å²) in [5.41, 5.74) is -0.774. The molecule has 1 aromatic heterocycles. The van der Waals surface area contributed by atoms with Crippen LogP contribution in [0.2, 0.25) is 0 Å². The number of aliphatic hydroxyl groups is 2. The van der Waals surface area contributed by atoms with Gasteiger partial charge >= 0.3 is 0 Å². The zero-order valence-electron chi connectivity index (χ0n) is 11.1. The molecule has 0 aliphatic carbocycles. The molecule has 0 saturated heterocycles. The van der Waals surface area contributed by atoms with Gasteiger partial charge in [-0.3, -0.25) is 0 Å². The molecule has 18 heavy (non-hydrogen) atoms. The van der Waals surface area contributed by atoms with Gasteiger partial charge in [-0.1, -0.05) is 6.92 Å². The molecule has 0 radical (unpaired) electrons. The van der Waals surface area contributed by atoms with E-state index in [1.54, 1.807) is 6.07 Å². The van der Waals surface area contributed by atoms with Crippen LogP contribution in [0.1, 0.15) is 27.2 Å². The second-order valence-electron chi connectivity index (χ2n) is 4.48. The second-order valence-corrected chi connectivity index (χ2v) is 4.48. The standard InChI is InChI=1S/C12H21N3O3/c1-4-12(6-16,7-17)15-10-5-11(14-8-13-10)18-9(2)3/h5,8-9,16-17H,4,6-7H2,1-3H3,(H,13,14,15). The molecule has 0 aliphatic rings. The minimum absolute atomic E-state index is 0.0272. The number of ether oxygens (including phenoxy) is 1. The molecule has 1 heterocycles. The Hall–Kier alpha value is -1.40. The molecule has 3 N–H and O–H groups in total. The average molecular weight is 255 g/mol. The first-order valence-corrected chi connectivity index (χ1v) is 6.04. The molecule has 0 unspecified atom stereocenters. The third-order valence-electron chi connectivity index (χ3n) is 2.67. The van der Waals surface area contributed by atoms with Crippen molar-refractivity contribution in [2.45, 2.75) is 38.8 Å². The Labute approximate surface area is 107 Å². The van der Waals surface area contributed by atoms with Crippen LogP contribution in [0.25, 0.3) is 0 Å². The predicted molar refractivity (Wildman–Crippen MR) is 68.6 cm³/mol. The number of anilines is 1. The van der Waals surface area contributed by atoms with Crippen LogP contribution >= 0.6 is 0 Å². The summed E-state index contributed by atoms with van der Waals surface area (Å²) >= 11 is 0. The normalized spacial score (nSPS) is 11.7. The summed E-state index contributed by atoms with van der Waals surface area (Å²) in [6.45, 7) is 5.35. The Balaban J connectivity index is 2.83. The van der Waals surface area contributed by atoms with Gasteiger partial charge in [0.2, 0.25) is 5.88 Å². The van der Waals surface area contributed by atoms with E-state index in [0.29, 0.717) is 18.1 Å². The van der Waals surface area contributed by atoms with E-state index in [1.807, 2.05) is 20.8 Å². The van der Waals surface area contributed by atoms with Crippen molar-refractivity contribution in [1.82, 2.24) is 9.97 Å². The van der Waals surface area contributed by atoms with Crippen molar-refractivity contribution < 1.29 is 14.9 Å². The van der Waals surface area contributed by atoms with Gasteiger partial charge in [0.05, 0.1) is 24.9 Å². The van der Waals surface area contributed by atoms with Crippen molar-refractivity contribution in [3.63, 3.8) is 0 Å². The van der Waals surface area contributed by atoms with E-state index < -0.39 is 5.54 Å². The monoisotopic (exact) mass is 255 g/mol. The molecule has 1 aromatic rings. The minimum Gasteiger partial charge on any atom is -0.475 e. The van der Waals surface area contributed by atoms with Gasteiger partial charge in [-0.15, -0.1) is 0 Å². The number of aromatic nitrogens is 2. The topological polar surface area (TPSA) is 87.5 Å². The lowest BCUT2D eigenvalue weighted by Gasteiger charge is -2.30. The lowest BCUT2D eigenvalue weighted by atomic mass is 9.98. The summed E-state index contributed by atoms with van der Waals surface area (Å²) in [5.74, 6) is 0.981. The first kappa shape index (κ1) is 14.7. The first-order valence-electron chi connectivity index (χ1n) is 6.04. The molecule has 6 nitrogen and oxygen atoms in total. The number of nitrogens with zero attached hydrogens (tertiary/aromatic N) is 2. The van der Waals surface area contributed by atoms with Crippen LogP contribution < -0.4 is 10.1 Å². The highest BCUT2D eigenvalue weighted by atomic mass is 16.5. The smallest absolute Gasteiger partial charge is 0.218 e. The minimum atomic E-state index is -0.774. The second kappa shape index (κ2) is 6.51. The summed E-state index contributed by atoms with van der Waals surface area (Å²) in [6, 6.07) is 1.65. The predicted octanol–water partition coefficient (Wildman–Crippen LogP) is 0.809. The van der Waals surface area contributed by atoms with E-state index in [1.165, 1.54) is 6.33 Å². The molecular formula is C12H21N3O3. The van der Waals surface area contributed by atoms with Crippen LogP contribution in [-0.2, 0) is 0 Å². The Morgan fingerprint density at radius 1 is 1.33 bits per heavy atom. The van der Waals surface area contributed by atoms with E-state index in [-0.39, 0.29) is 19.3 Å². The summed E-state index contributed by atoms with van der Waals surface area (Å²) < 4.78 is 5.45. The molecule has 102 valence electrons. The zero-order chi connectivity index (χ0) is 13.6. The molecular weight excluding hydrogens is 234 g/mol. The third kappa shape index (κ3) is 3.82. The van der Waals surface area contributed by atoms with Gasteiger partial charge in [-0.05, 0) is 20.3 Å². The summed E-state index contributed by atoms with van der Waals surface area (Å²) in [6.07, 6.45) is 1.99. The molecule has 0 spiro atoms. The van der Waals surface area contributed by atoms with Crippen LogP contribution in [0, 0.1) is 0 Å². The average Bonchev–Trinajstić information content (AvgIpc) is 2.36. The van der Waals surface area contributed by atoms with Gasteiger partial charge < -0.3 is 20.3 Å². The highest BCUT2D eigenvalue weighted by Gasteiger charge is 2.26. The SMILES string of the molecule is CCC(CO)(CO)Nc1cc(OC(C)C)ncn1. The Kier molecular flexibility index (Phi) is 5.30. The number of rotatable bonds is 7. The maximum absolute atomic E-state index is 9.36. The van der Waals surface area contributed by atoms with Gasteiger partial charge in [-0.25, -0.2) is 9.97 Å². The zero-order valence-corrected chi connectivity index (χ0v) is 11.1. The van der Waals surface area contributed by atoms with Crippen LogP contribution in [-0.4, -0.2) is 45.0 Å². The first-order chi connectivity index (χ1) is 8.55. The lowest BCUT2D eigenvalue weighted by Crippen LogP contribution is -2.45. The fourth-order valence-electron chi connectivity index (χ4n) is 1.43. The number of hydrogen-bond donors (Lipinski definition) is 3. The maximum Gasteiger partial charge on any atom is 0.218 e. The van der Waals surface area contributed by atoms with Crippen molar-refractivity contribution in [1.29, 1.82) is 0 Å². The Bertz CT molecular complexity index is 359. The molecule has 0 amide bonds. The summed E-state index contributed by atoms with van der Waals surface area (Å²) in [4.78, 5) is 8.04. The molecule has 0 saturated carbocycles. The van der Waals surface area contributed by atoms with Gasteiger partial charge in [0.25, 0.3) is 0 Å². The maximum atomic E-state index is 9.36. The van der Waals surface area contributed by atoms with E-state index >= 15 is 0 Å². The largest absolute Gasteiger partial charge is 0.475 e. The van der Waals surface area contributed by atoms with Crippen molar-refractivity contribution in [3.05, 3.63) is 12.4 Å². The van der Waals surface area contributed by atoms with Crippen LogP contribution in [0.3, 0.4) is 0 Å². The van der Waals surface area contributed by atoms with E-state index in [0.717, 1.165) is 0 Å². The molecule has 0 bridgehead atoms. The van der Waals surface area contributed by atoms with E-state index in [2.05, 4.69) is 15.3 Å². The van der Waals surface area contributed by atoms with Gasteiger partial charge in [0.15, 0.2) is 0 Å². The highest BCUT2D eigenvalue weighted by Crippen LogP contribution is 2.19. The van der Waals surface area contributed by atoms with Gasteiger partial charge in [0.1, 0.15) is 12.1 Å². The van der Waals surface area contributed by atoms with Gasteiger partial charge in [-0.2, -0.15) is 0 Å². The van der Waals surface area contributed by atoms with Crippen molar-refractivity contribution in [2.24, 2.45) is 0 Å². The Morgan fingerprint density at radius 3 is 2.50 bits per heavy atom. The van der Waals surface area contributed by atoms with Crippen LogP contribution in [0.15, 0.2) is 12.4 Å². The van der Waals surface area contributed by atoms with Gasteiger partial charge in [0, 0.05) is 6.07 Å². The molecule has 0 atom stereocenters.